The van der Waals surface area contributed by atoms with Crippen molar-refractivity contribution in [3.8, 4) is 5.75 Å². The molecular formula is C28H30F2N2O3S. The summed E-state index contributed by atoms with van der Waals surface area (Å²) in [6, 6.07) is 12.9. The van der Waals surface area contributed by atoms with E-state index in [0.29, 0.717) is 24.4 Å². The van der Waals surface area contributed by atoms with E-state index < -0.39 is 5.82 Å². The minimum atomic E-state index is -0.417. The Kier molecular flexibility index (Phi) is 8.36. The van der Waals surface area contributed by atoms with Crippen molar-refractivity contribution in [3.63, 3.8) is 0 Å². The van der Waals surface area contributed by atoms with E-state index in [0.717, 1.165) is 18.4 Å². The van der Waals surface area contributed by atoms with Crippen molar-refractivity contribution < 1.29 is 23.1 Å². The molecule has 36 heavy (non-hydrogen) atoms. The number of nitrogens with zero attached hydrogens (tertiary/aromatic N) is 2. The van der Waals surface area contributed by atoms with E-state index in [1.165, 1.54) is 41.3 Å². The number of benzene rings is 2. The molecule has 4 rings (SSSR count). The highest BCUT2D eigenvalue weighted by atomic mass is 32.1. The van der Waals surface area contributed by atoms with Crippen LogP contribution in [0.3, 0.4) is 0 Å². The molecule has 2 heterocycles. The highest BCUT2D eigenvalue weighted by Gasteiger charge is 2.34. The molecule has 3 aromatic rings. The quantitative estimate of drug-likeness (QED) is 0.369. The number of amides is 2. The number of hydrogen-bond donors (Lipinski definition) is 0. The first-order valence-electron chi connectivity index (χ1n) is 12.1. The molecule has 190 valence electrons. The highest BCUT2D eigenvalue weighted by Crippen LogP contribution is 2.34. The third kappa shape index (κ3) is 6.10. The third-order valence-electron chi connectivity index (χ3n) is 6.57. The number of hydrogen-bond acceptors (Lipinski definition) is 4. The zero-order valence-electron chi connectivity index (χ0n) is 20.5. The minimum absolute atomic E-state index is 0.0763. The van der Waals surface area contributed by atoms with E-state index >= 15 is 0 Å². The van der Waals surface area contributed by atoms with Gasteiger partial charge >= 0.3 is 0 Å². The third-order valence-corrected chi connectivity index (χ3v) is 7.57. The van der Waals surface area contributed by atoms with Gasteiger partial charge in [-0.2, -0.15) is 0 Å². The minimum Gasteiger partial charge on any atom is -0.491 e. The largest absolute Gasteiger partial charge is 0.491 e. The molecule has 0 fully saturated rings. The maximum atomic E-state index is 13.6. The normalized spacial score (nSPS) is 15.8. The molecule has 2 amide bonds. The highest BCUT2D eigenvalue weighted by molar-refractivity contribution is 7.10. The second kappa shape index (κ2) is 11.6. The molecule has 0 bridgehead atoms. The number of thiophene rings is 1. The van der Waals surface area contributed by atoms with Gasteiger partial charge in [0.15, 0.2) is 0 Å². The lowest BCUT2D eigenvalue weighted by Crippen LogP contribution is -2.48. The molecule has 0 spiro atoms. The first-order valence-corrected chi connectivity index (χ1v) is 13.0. The second-order valence-electron chi connectivity index (χ2n) is 9.12. The Hall–Kier alpha value is -3.26. The lowest BCUT2D eigenvalue weighted by molar-refractivity contribution is -0.135. The molecule has 0 saturated carbocycles. The fraction of sp³-hybridized carbons (Fsp3) is 0.357. The van der Waals surface area contributed by atoms with Crippen LogP contribution in [0.4, 0.5) is 8.78 Å². The van der Waals surface area contributed by atoms with Crippen LogP contribution in [-0.4, -0.2) is 47.9 Å². The Morgan fingerprint density at radius 2 is 1.75 bits per heavy atom. The molecular weight excluding hydrogens is 482 g/mol. The standard InChI is InChI=1S/C28H30F2N2O3S/c1-3-19(2)16-31(28(34)20-4-6-21(29)7-5-20)17-27(33)32-14-12-26-24(13-15-36-26)25(32)18-35-23-10-8-22(30)9-11-23/h4-11,13,15,19,25H,3,12,14,16-18H2,1-2H3/t19-,25-/m0/s1. The van der Waals surface area contributed by atoms with Crippen LogP contribution in [0.1, 0.15) is 47.1 Å². The molecule has 5 nitrogen and oxygen atoms in total. The molecule has 0 saturated heterocycles. The molecule has 2 atom stereocenters. The number of rotatable bonds is 9. The zero-order valence-corrected chi connectivity index (χ0v) is 21.3. The van der Waals surface area contributed by atoms with Gasteiger partial charge in [0.05, 0.1) is 6.04 Å². The van der Waals surface area contributed by atoms with E-state index in [4.69, 9.17) is 4.74 Å². The molecule has 0 aliphatic carbocycles. The Bertz CT molecular complexity index is 1180. The first-order chi connectivity index (χ1) is 17.4. The van der Waals surface area contributed by atoms with E-state index in [-0.39, 0.29) is 42.7 Å². The summed E-state index contributed by atoms with van der Waals surface area (Å²) in [5, 5.41) is 2.01. The summed E-state index contributed by atoms with van der Waals surface area (Å²) in [6.07, 6.45) is 1.60. The molecule has 1 aliphatic heterocycles. The number of carbonyl (C=O) groups is 2. The summed E-state index contributed by atoms with van der Waals surface area (Å²) < 4.78 is 32.6. The molecule has 0 unspecified atom stereocenters. The average molecular weight is 513 g/mol. The zero-order chi connectivity index (χ0) is 25.7. The fourth-order valence-electron chi connectivity index (χ4n) is 4.33. The van der Waals surface area contributed by atoms with Crippen LogP contribution < -0.4 is 4.74 Å². The van der Waals surface area contributed by atoms with Crippen LogP contribution in [0.25, 0.3) is 0 Å². The monoisotopic (exact) mass is 512 g/mol. The number of fused-ring (bicyclic) bond motifs is 1. The SMILES string of the molecule is CC[C@H](C)CN(CC(=O)N1CCc2sccc2[C@@H]1COc1ccc(F)cc1)C(=O)c1ccc(F)cc1. The van der Waals surface area contributed by atoms with Crippen molar-refractivity contribution in [1.82, 2.24) is 9.80 Å². The molecule has 8 heteroatoms. The van der Waals surface area contributed by atoms with Crippen LogP contribution in [0, 0.1) is 17.6 Å². The maximum absolute atomic E-state index is 13.6. The summed E-state index contributed by atoms with van der Waals surface area (Å²) in [6.45, 7) is 5.16. The van der Waals surface area contributed by atoms with Gasteiger partial charge in [0.25, 0.3) is 5.91 Å². The lowest BCUT2D eigenvalue weighted by Gasteiger charge is -2.37. The predicted molar refractivity (Wildman–Crippen MR) is 136 cm³/mol. The van der Waals surface area contributed by atoms with E-state index in [1.807, 2.05) is 25.3 Å². The van der Waals surface area contributed by atoms with Crippen LogP contribution in [-0.2, 0) is 11.2 Å². The number of carbonyl (C=O) groups excluding carboxylic acids is 2. The maximum Gasteiger partial charge on any atom is 0.254 e. The second-order valence-corrected chi connectivity index (χ2v) is 10.1. The lowest BCUT2D eigenvalue weighted by atomic mass is 10.00. The Morgan fingerprint density at radius 1 is 1.08 bits per heavy atom. The van der Waals surface area contributed by atoms with Crippen LogP contribution in [0.15, 0.2) is 60.0 Å². The number of ether oxygens (including phenoxy) is 1. The van der Waals surface area contributed by atoms with E-state index in [1.54, 1.807) is 33.3 Å². The van der Waals surface area contributed by atoms with Crippen molar-refractivity contribution in [2.24, 2.45) is 5.92 Å². The summed E-state index contributed by atoms with van der Waals surface area (Å²) in [5.41, 5.74) is 1.39. The average Bonchev–Trinajstić information content (AvgIpc) is 3.37. The van der Waals surface area contributed by atoms with Gasteiger partial charge in [-0.3, -0.25) is 9.59 Å². The molecule has 0 radical (unpaired) electrons. The van der Waals surface area contributed by atoms with Gasteiger partial charge in [-0.05, 0) is 77.9 Å². The van der Waals surface area contributed by atoms with E-state index in [2.05, 4.69) is 0 Å². The van der Waals surface area contributed by atoms with Gasteiger partial charge in [0, 0.05) is 23.5 Å². The summed E-state index contributed by atoms with van der Waals surface area (Å²) in [7, 11) is 0. The van der Waals surface area contributed by atoms with Gasteiger partial charge < -0.3 is 14.5 Å². The van der Waals surface area contributed by atoms with Gasteiger partial charge in [-0.15, -0.1) is 11.3 Å². The Morgan fingerprint density at radius 3 is 2.42 bits per heavy atom. The van der Waals surface area contributed by atoms with Crippen LogP contribution >= 0.6 is 11.3 Å². The van der Waals surface area contributed by atoms with Gasteiger partial charge in [-0.25, -0.2) is 8.78 Å². The fourth-order valence-corrected chi connectivity index (χ4v) is 5.26. The molecule has 0 N–H and O–H groups in total. The molecule has 1 aliphatic rings. The van der Waals surface area contributed by atoms with Crippen molar-refractivity contribution in [2.75, 3.05) is 26.2 Å². The van der Waals surface area contributed by atoms with Gasteiger partial charge in [0.2, 0.25) is 5.91 Å². The van der Waals surface area contributed by atoms with Crippen molar-refractivity contribution in [1.29, 1.82) is 0 Å². The Labute approximate surface area is 214 Å². The van der Waals surface area contributed by atoms with E-state index in [9.17, 15) is 18.4 Å². The molecule has 1 aromatic heterocycles. The van der Waals surface area contributed by atoms with Gasteiger partial charge in [-0.1, -0.05) is 20.3 Å². The predicted octanol–water partition coefficient (Wildman–Crippen LogP) is 5.72. The van der Waals surface area contributed by atoms with Gasteiger partial charge in [0.1, 0.15) is 30.5 Å². The van der Waals surface area contributed by atoms with Crippen molar-refractivity contribution in [3.05, 3.63) is 87.6 Å². The smallest absolute Gasteiger partial charge is 0.254 e. The summed E-state index contributed by atoms with van der Waals surface area (Å²) in [5.74, 6) is -0.501. The van der Waals surface area contributed by atoms with Crippen molar-refractivity contribution in [2.45, 2.75) is 32.7 Å². The van der Waals surface area contributed by atoms with Crippen molar-refractivity contribution >= 4 is 23.2 Å². The first kappa shape index (κ1) is 25.8. The summed E-state index contributed by atoms with van der Waals surface area (Å²) in [4.78, 5) is 31.5. The van der Waals surface area contributed by atoms with Crippen LogP contribution in [0.5, 0.6) is 5.75 Å². The topological polar surface area (TPSA) is 49.9 Å². The van der Waals surface area contributed by atoms with Crippen LogP contribution in [0.2, 0.25) is 0 Å². The Balaban J connectivity index is 1.53. The molecule has 2 aromatic carbocycles. The summed E-state index contributed by atoms with van der Waals surface area (Å²) >= 11 is 1.66. The number of halogens is 2.